The molecule has 0 unspecified atom stereocenters. The number of aryl methyl sites for hydroxylation is 1. The molecule has 1 aromatic carbocycles. The number of nitrogens with zero attached hydrogens (tertiary/aromatic N) is 4. The fraction of sp³-hybridized carbons (Fsp3) is 0.200. The molecule has 3 rings (SSSR count). The van der Waals surface area contributed by atoms with Crippen LogP contribution in [0.3, 0.4) is 0 Å². The van der Waals surface area contributed by atoms with Gasteiger partial charge in [-0.3, -0.25) is 19.8 Å². The van der Waals surface area contributed by atoms with Crippen LogP contribution < -0.4 is 0 Å². The maximum absolute atomic E-state index is 11.1. The minimum atomic E-state index is -0.379. The highest BCUT2D eigenvalue weighted by atomic mass is 16.6. The maximum Gasteiger partial charge on any atom is 0.312 e. The van der Waals surface area contributed by atoms with Crippen LogP contribution in [-0.4, -0.2) is 19.7 Å². The maximum atomic E-state index is 11.1. The summed E-state index contributed by atoms with van der Waals surface area (Å²) in [5, 5.41) is 16.4. The van der Waals surface area contributed by atoms with Crippen molar-refractivity contribution in [3.63, 3.8) is 0 Å². The van der Waals surface area contributed by atoms with Crippen LogP contribution in [0.2, 0.25) is 0 Å². The van der Waals surface area contributed by atoms with Crippen LogP contribution in [0.5, 0.6) is 0 Å². The predicted molar refractivity (Wildman–Crippen MR) is 79.2 cm³/mol. The van der Waals surface area contributed by atoms with E-state index < -0.39 is 0 Å². The molecule has 6 nitrogen and oxygen atoms in total. The van der Waals surface area contributed by atoms with Crippen LogP contribution in [0.25, 0.3) is 10.9 Å². The lowest BCUT2D eigenvalue weighted by atomic mass is 10.1. The zero-order chi connectivity index (χ0) is 15.0. The van der Waals surface area contributed by atoms with Gasteiger partial charge in [-0.15, -0.1) is 0 Å². The van der Waals surface area contributed by atoms with Gasteiger partial charge in [0.15, 0.2) is 0 Å². The Morgan fingerprint density at radius 2 is 2.00 bits per heavy atom. The molecular formula is C15H14N4O2. The molecule has 0 radical (unpaired) electrons. The Bertz CT molecular complexity index is 834. The van der Waals surface area contributed by atoms with Gasteiger partial charge >= 0.3 is 5.69 Å². The molecule has 3 aromatic rings. The van der Waals surface area contributed by atoms with E-state index in [2.05, 4.69) is 10.1 Å². The number of nitro groups is 1. The van der Waals surface area contributed by atoms with Crippen molar-refractivity contribution in [3.05, 3.63) is 63.6 Å². The third-order valence-electron chi connectivity index (χ3n) is 3.56. The van der Waals surface area contributed by atoms with Gasteiger partial charge in [-0.2, -0.15) is 5.10 Å². The smallest absolute Gasteiger partial charge is 0.258 e. The van der Waals surface area contributed by atoms with Crippen LogP contribution in [0.1, 0.15) is 17.0 Å². The summed E-state index contributed by atoms with van der Waals surface area (Å²) in [6.45, 7) is 3.84. The Morgan fingerprint density at radius 3 is 2.71 bits per heavy atom. The molecule has 0 N–H and O–H groups in total. The molecule has 0 spiro atoms. The molecular weight excluding hydrogens is 268 g/mol. The van der Waals surface area contributed by atoms with E-state index in [0.29, 0.717) is 17.9 Å². The van der Waals surface area contributed by atoms with E-state index in [-0.39, 0.29) is 10.6 Å². The lowest BCUT2D eigenvalue weighted by Crippen LogP contribution is -2.05. The Kier molecular flexibility index (Phi) is 3.13. The Hall–Kier alpha value is -2.76. The van der Waals surface area contributed by atoms with Gasteiger partial charge in [-0.1, -0.05) is 24.3 Å². The van der Waals surface area contributed by atoms with Gasteiger partial charge in [0.05, 0.1) is 17.0 Å². The molecule has 0 atom stereocenters. The molecule has 0 saturated heterocycles. The SMILES string of the molecule is Cc1nn(Cc2cccc3cccnc23)c(C)c1[N+](=O)[O-]. The van der Waals surface area contributed by atoms with Crippen LogP contribution in [0.4, 0.5) is 5.69 Å². The molecule has 21 heavy (non-hydrogen) atoms. The fourth-order valence-electron chi connectivity index (χ4n) is 2.56. The summed E-state index contributed by atoms with van der Waals surface area (Å²) in [6.07, 6.45) is 1.75. The van der Waals surface area contributed by atoms with Gasteiger partial charge in [0.2, 0.25) is 0 Å². The minimum Gasteiger partial charge on any atom is -0.258 e. The molecule has 106 valence electrons. The van der Waals surface area contributed by atoms with E-state index in [9.17, 15) is 10.1 Å². The molecule has 6 heteroatoms. The van der Waals surface area contributed by atoms with Gasteiger partial charge in [0.25, 0.3) is 0 Å². The number of aromatic nitrogens is 3. The van der Waals surface area contributed by atoms with Gasteiger partial charge in [0, 0.05) is 11.6 Å². The molecule has 2 heterocycles. The Labute approximate surface area is 121 Å². The highest BCUT2D eigenvalue weighted by Gasteiger charge is 2.21. The lowest BCUT2D eigenvalue weighted by molar-refractivity contribution is -0.386. The van der Waals surface area contributed by atoms with E-state index in [1.54, 1.807) is 24.7 Å². The Morgan fingerprint density at radius 1 is 1.24 bits per heavy atom. The zero-order valence-electron chi connectivity index (χ0n) is 11.8. The van der Waals surface area contributed by atoms with Crippen molar-refractivity contribution in [1.82, 2.24) is 14.8 Å². The van der Waals surface area contributed by atoms with Crippen LogP contribution in [0.15, 0.2) is 36.5 Å². The third-order valence-corrected chi connectivity index (χ3v) is 3.56. The molecule has 0 aliphatic carbocycles. The largest absolute Gasteiger partial charge is 0.312 e. The number of para-hydroxylation sites is 1. The predicted octanol–water partition coefficient (Wildman–Crippen LogP) is 3.00. The molecule has 0 aliphatic rings. The summed E-state index contributed by atoms with van der Waals surface area (Å²) in [7, 11) is 0. The van der Waals surface area contributed by atoms with Crippen LogP contribution in [0, 0.1) is 24.0 Å². The minimum absolute atomic E-state index is 0.0863. The third kappa shape index (κ3) is 2.24. The second kappa shape index (κ2) is 4.97. The Balaban J connectivity index is 2.07. The topological polar surface area (TPSA) is 73.8 Å². The molecule has 0 bridgehead atoms. The summed E-state index contributed by atoms with van der Waals surface area (Å²) in [6, 6.07) is 9.81. The summed E-state index contributed by atoms with van der Waals surface area (Å²) in [5.74, 6) is 0. The lowest BCUT2D eigenvalue weighted by Gasteiger charge is -2.07. The number of benzene rings is 1. The first kappa shape index (κ1) is 13.2. The van der Waals surface area contributed by atoms with Crippen molar-refractivity contribution in [2.75, 3.05) is 0 Å². The highest BCUT2D eigenvalue weighted by molar-refractivity contribution is 5.81. The van der Waals surface area contributed by atoms with Crippen molar-refractivity contribution < 1.29 is 4.92 Å². The quantitative estimate of drug-likeness (QED) is 0.546. The summed E-state index contributed by atoms with van der Waals surface area (Å²) in [5.41, 5.74) is 2.98. The summed E-state index contributed by atoms with van der Waals surface area (Å²) < 4.78 is 1.66. The standard InChI is InChI=1S/C15H14N4O2/c1-10-15(19(20)21)11(2)18(17-10)9-13-6-3-5-12-7-4-8-16-14(12)13/h3-8H,9H2,1-2H3. The second-order valence-corrected chi connectivity index (χ2v) is 4.93. The number of fused-ring (bicyclic) bond motifs is 1. The van der Waals surface area contributed by atoms with Crippen molar-refractivity contribution in [3.8, 4) is 0 Å². The van der Waals surface area contributed by atoms with Crippen molar-refractivity contribution in [1.29, 1.82) is 0 Å². The first-order valence-electron chi connectivity index (χ1n) is 6.59. The highest BCUT2D eigenvalue weighted by Crippen LogP contribution is 2.24. The van der Waals surface area contributed by atoms with E-state index >= 15 is 0 Å². The van der Waals surface area contributed by atoms with Crippen molar-refractivity contribution >= 4 is 16.6 Å². The first-order valence-corrected chi connectivity index (χ1v) is 6.59. The van der Waals surface area contributed by atoms with Gasteiger partial charge < -0.3 is 0 Å². The zero-order valence-corrected chi connectivity index (χ0v) is 11.8. The number of hydrogen-bond donors (Lipinski definition) is 0. The average Bonchev–Trinajstić information content (AvgIpc) is 2.74. The van der Waals surface area contributed by atoms with E-state index in [0.717, 1.165) is 16.5 Å². The van der Waals surface area contributed by atoms with Crippen molar-refractivity contribution in [2.45, 2.75) is 20.4 Å². The monoisotopic (exact) mass is 282 g/mol. The van der Waals surface area contributed by atoms with Crippen molar-refractivity contribution in [2.24, 2.45) is 0 Å². The number of rotatable bonds is 3. The molecule has 2 aromatic heterocycles. The number of hydrogen-bond acceptors (Lipinski definition) is 4. The molecule has 0 amide bonds. The fourth-order valence-corrected chi connectivity index (χ4v) is 2.56. The number of pyridine rings is 1. The summed E-state index contributed by atoms with van der Waals surface area (Å²) in [4.78, 5) is 15.1. The average molecular weight is 282 g/mol. The van der Waals surface area contributed by atoms with Gasteiger partial charge in [-0.25, -0.2) is 0 Å². The van der Waals surface area contributed by atoms with E-state index in [4.69, 9.17) is 0 Å². The first-order chi connectivity index (χ1) is 10.1. The van der Waals surface area contributed by atoms with E-state index in [1.165, 1.54) is 0 Å². The summed E-state index contributed by atoms with van der Waals surface area (Å²) >= 11 is 0. The normalized spacial score (nSPS) is 11.0. The van der Waals surface area contributed by atoms with Crippen LogP contribution >= 0.6 is 0 Å². The molecule has 0 saturated carbocycles. The van der Waals surface area contributed by atoms with Crippen LogP contribution in [-0.2, 0) is 6.54 Å². The second-order valence-electron chi connectivity index (χ2n) is 4.93. The molecule has 0 aliphatic heterocycles. The van der Waals surface area contributed by atoms with Gasteiger partial charge in [-0.05, 0) is 25.5 Å². The molecule has 0 fully saturated rings. The van der Waals surface area contributed by atoms with Gasteiger partial charge in [0.1, 0.15) is 11.4 Å². The van der Waals surface area contributed by atoms with E-state index in [1.807, 2.05) is 30.3 Å².